The smallest absolute Gasteiger partial charge is 0.229 e. The van der Waals surface area contributed by atoms with Gasteiger partial charge in [-0.15, -0.1) is 0 Å². The number of benzene rings is 1. The molecule has 0 bridgehead atoms. The first-order chi connectivity index (χ1) is 9.78. The molecule has 0 spiro atoms. The van der Waals surface area contributed by atoms with Gasteiger partial charge in [-0.05, 0) is 24.6 Å². The fourth-order valence-corrected chi connectivity index (χ4v) is 3.03. The number of carbonyl (C=O) groups excluding carboxylic acids is 1. The molecule has 0 aromatic heterocycles. The Kier molecular flexibility index (Phi) is 3.92. The van der Waals surface area contributed by atoms with E-state index in [2.05, 4.69) is 17.9 Å². The van der Waals surface area contributed by atoms with E-state index in [1.165, 1.54) is 0 Å². The number of nitrogens with zero attached hydrogens (tertiary/aromatic N) is 2. The molecule has 1 fully saturated rings. The monoisotopic (exact) mass is 274 g/mol. The summed E-state index contributed by atoms with van der Waals surface area (Å²) in [5.41, 5.74) is 1.16. The lowest BCUT2D eigenvalue weighted by Gasteiger charge is -2.36. The van der Waals surface area contributed by atoms with Crippen LogP contribution in [0.5, 0.6) is 5.75 Å². The fourth-order valence-electron chi connectivity index (χ4n) is 3.03. The molecule has 2 aliphatic rings. The van der Waals surface area contributed by atoms with Gasteiger partial charge in [0.25, 0.3) is 0 Å². The van der Waals surface area contributed by atoms with Crippen LogP contribution in [0.4, 0.5) is 0 Å². The Morgan fingerprint density at radius 2 is 2.00 bits per heavy atom. The molecule has 1 saturated heterocycles. The third-order valence-electron chi connectivity index (χ3n) is 4.36. The van der Waals surface area contributed by atoms with Crippen molar-refractivity contribution in [2.24, 2.45) is 5.92 Å². The van der Waals surface area contributed by atoms with Crippen LogP contribution in [0.15, 0.2) is 24.3 Å². The topological polar surface area (TPSA) is 32.8 Å². The third-order valence-corrected chi connectivity index (χ3v) is 4.36. The van der Waals surface area contributed by atoms with Crippen molar-refractivity contribution in [1.82, 2.24) is 9.80 Å². The second-order valence-corrected chi connectivity index (χ2v) is 5.58. The van der Waals surface area contributed by atoms with Crippen LogP contribution in [0.1, 0.15) is 12.5 Å². The maximum atomic E-state index is 12.6. The van der Waals surface area contributed by atoms with Gasteiger partial charge >= 0.3 is 0 Å². The van der Waals surface area contributed by atoms with Gasteiger partial charge in [-0.2, -0.15) is 0 Å². The molecule has 20 heavy (non-hydrogen) atoms. The van der Waals surface area contributed by atoms with Crippen molar-refractivity contribution in [2.45, 2.75) is 13.3 Å². The van der Waals surface area contributed by atoms with E-state index in [0.29, 0.717) is 6.61 Å². The normalized spacial score (nSPS) is 23.1. The molecular formula is C16H22N2O2. The number of carbonyl (C=O) groups is 1. The van der Waals surface area contributed by atoms with Gasteiger partial charge in [-0.1, -0.05) is 25.1 Å². The number of likely N-dealkylation sites (N-methyl/N-ethyl adjacent to an activating group) is 1. The molecule has 1 unspecified atom stereocenters. The number of fused-ring (bicyclic) bond motifs is 1. The molecule has 108 valence electrons. The van der Waals surface area contributed by atoms with Gasteiger partial charge in [0.2, 0.25) is 5.91 Å². The summed E-state index contributed by atoms with van der Waals surface area (Å²) in [7, 11) is 0. The van der Waals surface area contributed by atoms with Crippen molar-refractivity contribution in [3.05, 3.63) is 29.8 Å². The van der Waals surface area contributed by atoms with E-state index in [1.807, 2.05) is 23.1 Å². The van der Waals surface area contributed by atoms with Crippen molar-refractivity contribution < 1.29 is 9.53 Å². The van der Waals surface area contributed by atoms with E-state index in [4.69, 9.17) is 4.74 Å². The van der Waals surface area contributed by atoms with E-state index < -0.39 is 0 Å². The number of para-hydroxylation sites is 1. The molecule has 3 rings (SSSR count). The lowest BCUT2D eigenvalue weighted by molar-refractivity contribution is -0.138. The van der Waals surface area contributed by atoms with Gasteiger partial charge in [0.1, 0.15) is 12.4 Å². The fraction of sp³-hybridized carbons (Fsp3) is 0.562. The predicted molar refractivity (Wildman–Crippen MR) is 77.8 cm³/mol. The number of piperazine rings is 1. The molecule has 1 aromatic rings. The minimum atomic E-state index is -0.0157. The quantitative estimate of drug-likeness (QED) is 0.817. The molecule has 2 heterocycles. The number of amides is 1. The summed E-state index contributed by atoms with van der Waals surface area (Å²) in [5.74, 6) is 1.18. The van der Waals surface area contributed by atoms with Crippen LogP contribution < -0.4 is 4.74 Å². The summed E-state index contributed by atoms with van der Waals surface area (Å²) in [4.78, 5) is 17.0. The largest absolute Gasteiger partial charge is 0.492 e. The third kappa shape index (κ3) is 2.66. The molecule has 0 saturated carbocycles. The van der Waals surface area contributed by atoms with E-state index >= 15 is 0 Å². The number of hydrogen-bond donors (Lipinski definition) is 0. The summed E-state index contributed by atoms with van der Waals surface area (Å²) in [6.45, 7) is 7.45. The Morgan fingerprint density at radius 3 is 2.75 bits per heavy atom. The Bertz CT molecular complexity index is 481. The summed E-state index contributed by atoms with van der Waals surface area (Å²) >= 11 is 0. The molecule has 4 heteroatoms. The average Bonchev–Trinajstić information content (AvgIpc) is 2.54. The summed E-state index contributed by atoms with van der Waals surface area (Å²) in [6, 6.07) is 8.03. The van der Waals surface area contributed by atoms with Crippen LogP contribution in [0.3, 0.4) is 0 Å². The van der Waals surface area contributed by atoms with Crippen LogP contribution in [-0.2, 0) is 11.2 Å². The van der Waals surface area contributed by atoms with Gasteiger partial charge in [-0.25, -0.2) is 0 Å². The molecule has 1 aromatic carbocycles. The molecule has 0 radical (unpaired) electrons. The van der Waals surface area contributed by atoms with Crippen molar-refractivity contribution in [3.8, 4) is 5.75 Å². The maximum absolute atomic E-state index is 12.6. The first-order valence-corrected chi connectivity index (χ1v) is 7.49. The van der Waals surface area contributed by atoms with Gasteiger partial charge < -0.3 is 14.5 Å². The van der Waals surface area contributed by atoms with Crippen LogP contribution in [0, 0.1) is 5.92 Å². The van der Waals surface area contributed by atoms with Crippen molar-refractivity contribution in [1.29, 1.82) is 0 Å². The first-order valence-electron chi connectivity index (χ1n) is 7.49. The van der Waals surface area contributed by atoms with Crippen molar-refractivity contribution in [3.63, 3.8) is 0 Å². The standard InChI is InChI=1S/C16H22N2O2/c1-2-17-7-9-18(10-8-17)16(19)14-11-13-5-3-4-6-15(13)20-12-14/h3-6,14H,2,7-12H2,1H3. The van der Waals surface area contributed by atoms with E-state index in [-0.39, 0.29) is 11.8 Å². The summed E-state index contributed by atoms with van der Waals surface area (Å²) in [5, 5.41) is 0. The average molecular weight is 274 g/mol. The molecule has 4 nitrogen and oxygen atoms in total. The molecular weight excluding hydrogens is 252 g/mol. The van der Waals surface area contributed by atoms with Crippen LogP contribution in [0.2, 0.25) is 0 Å². The Balaban J connectivity index is 1.62. The Morgan fingerprint density at radius 1 is 1.25 bits per heavy atom. The lowest BCUT2D eigenvalue weighted by atomic mass is 9.95. The molecule has 2 aliphatic heterocycles. The maximum Gasteiger partial charge on any atom is 0.229 e. The Labute approximate surface area is 120 Å². The van der Waals surface area contributed by atoms with Crippen LogP contribution >= 0.6 is 0 Å². The zero-order valence-corrected chi connectivity index (χ0v) is 12.0. The molecule has 0 N–H and O–H groups in total. The van der Waals surface area contributed by atoms with Crippen molar-refractivity contribution >= 4 is 5.91 Å². The molecule has 1 amide bonds. The summed E-state index contributed by atoms with van der Waals surface area (Å²) in [6.07, 6.45) is 0.809. The van der Waals surface area contributed by atoms with Gasteiger partial charge in [0.05, 0.1) is 5.92 Å². The van der Waals surface area contributed by atoms with Gasteiger partial charge in [0.15, 0.2) is 0 Å². The van der Waals surface area contributed by atoms with E-state index in [0.717, 1.165) is 50.5 Å². The first kappa shape index (κ1) is 13.4. The second kappa shape index (κ2) is 5.83. The minimum Gasteiger partial charge on any atom is -0.492 e. The summed E-state index contributed by atoms with van der Waals surface area (Å²) < 4.78 is 5.73. The highest BCUT2D eigenvalue weighted by Gasteiger charge is 2.30. The zero-order chi connectivity index (χ0) is 13.9. The molecule has 1 atom stereocenters. The zero-order valence-electron chi connectivity index (χ0n) is 12.0. The Hall–Kier alpha value is -1.55. The number of ether oxygens (including phenoxy) is 1. The van der Waals surface area contributed by atoms with Crippen LogP contribution in [-0.4, -0.2) is 55.0 Å². The highest BCUT2D eigenvalue weighted by molar-refractivity contribution is 5.80. The lowest BCUT2D eigenvalue weighted by Crippen LogP contribution is -2.51. The molecule has 0 aliphatic carbocycles. The highest BCUT2D eigenvalue weighted by atomic mass is 16.5. The van der Waals surface area contributed by atoms with Gasteiger partial charge in [0, 0.05) is 26.2 Å². The van der Waals surface area contributed by atoms with E-state index in [9.17, 15) is 4.79 Å². The number of rotatable bonds is 2. The SMILES string of the molecule is CCN1CCN(C(=O)C2COc3ccccc3C2)CC1. The highest BCUT2D eigenvalue weighted by Crippen LogP contribution is 2.27. The van der Waals surface area contributed by atoms with E-state index in [1.54, 1.807) is 0 Å². The minimum absolute atomic E-state index is 0.0157. The predicted octanol–water partition coefficient (Wildman–Crippen LogP) is 1.40. The van der Waals surface area contributed by atoms with Crippen LogP contribution in [0.25, 0.3) is 0 Å². The number of hydrogen-bond acceptors (Lipinski definition) is 3. The van der Waals surface area contributed by atoms with Gasteiger partial charge in [-0.3, -0.25) is 4.79 Å². The second-order valence-electron chi connectivity index (χ2n) is 5.58. The van der Waals surface area contributed by atoms with Crippen molar-refractivity contribution in [2.75, 3.05) is 39.3 Å².